The van der Waals surface area contributed by atoms with Gasteiger partial charge in [0.1, 0.15) is 5.75 Å². The number of aliphatic hydroxyl groups is 1. The Balaban J connectivity index is 2.26. The first-order valence-electron chi connectivity index (χ1n) is 7.31. The van der Waals surface area contributed by atoms with E-state index in [0.29, 0.717) is 13.1 Å². The van der Waals surface area contributed by atoms with E-state index in [1.165, 1.54) is 16.3 Å². The highest BCUT2D eigenvalue weighted by Gasteiger charge is 2.08. The maximum absolute atomic E-state index is 8.91. The fourth-order valence-corrected chi connectivity index (χ4v) is 2.25. The molecular formula is C17H23NO2. The third-order valence-electron chi connectivity index (χ3n) is 3.34. The second-order valence-electron chi connectivity index (χ2n) is 4.87. The fourth-order valence-electron chi connectivity index (χ4n) is 2.25. The Kier molecular flexibility index (Phi) is 5.84. The monoisotopic (exact) mass is 273 g/mol. The highest BCUT2D eigenvalue weighted by atomic mass is 16.5. The zero-order valence-corrected chi connectivity index (χ0v) is 12.1. The van der Waals surface area contributed by atoms with Gasteiger partial charge in [-0.25, -0.2) is 0 Å². The van der Waals surface area contributed by atoms with Gasteiger partial charge < -0.3 is 15.2 Å². The van der Waals surface area contributed by atoms with Crippen LogP contribution in [0.25, 0.3) is 10.8 Å². The maximum Gasteiger partial charge on any atom is 0.124 e. The van der Waals surface area contributed by atoms with Gasteiger partial charge in [0, 0.05) is 18.7 Å². The van der Waals surface area contributed by atoms with Crippen LogP contribution in [-0.2, 0) is 6.54 Å². The minimum absolute atomic E-state index is 0.150. The Morgan fingerprint density at radius 2 is 2.00 bits per heavy atom. The summed E-state index contributed by atoms with van der Waals surface area (Å²) in [5.41, 5.74) is 1.17. The van der Waals surface area contributed by atoms with E-state index in [2.05, 4.69) is 30.4 Å². The van der Waals surface area contributed by atoms with Crippen LogP contribution >= 0.6 is 0 Å². The number of benzene rings is 2. The van der Waals surface area contributed by atoms with Crippen LogP contribution in [-0.4, -0.2) is 24.9 Å². The van der Waals surface area contributed by atoms with Crippen molar-refractivity contribution in [2.75, 3.05) is 19.8 Å². The fraction of sp³-hybridized carbons (Fsp3) is 0.412. The lowest BCUT2D eigenvalue weighted by atomic mass is 10.0. The van der Waals surface area contributed by atoms with Crippen LogP contribution in [0.3, 0.4) is 0 Å². The van der Waals surface area contributed by atoms with E-state index in [-0.39, 0.29) is 6.61 Å². The molecule has 0 aliphatic heterocycles. The van der Waals surface area contributed by atoms with Gasteiger partial charge >= 0.3 is 0 Å². The molecule has 0 unspecified atom stereocenters. The Labute approximate surface area is 120 Å². The summed E-state index contributed by atoms with van der Waals surface area (Å²) in [5, 5.41) is 14.6. The highest BCUT2D eigenvalue weighted by molar-refractivity contribution is 5.87. The molecule has 0 aliphatic rings. The number of aliphatic hydroxyl groups excluding tert-OH is 1. The molecule has 0 amide bonds. The lowest BCUT2D eigenvalue weighted by molar-refractivity contribution is 0.289. The molecule has 3 nitrogen and oxygen atoms in total. The van der Waals surface area contributed by atoms with E-state index in [1.54, 1.807) is 0 Å². The molecule has 0 fully saturated rings. The molecule has 0 bridgehead atoms. The molecule has 20 heavy (non-hydrogen) atoms. The van der Waals surface area contributed by atoms with Crippen molar-refractivity contribution in [3.05, 3.63) is 42.0 Å². The summed E-state index contributed by atoms with van der Waals surface area (Å²) >= 11 is 0. The normalized spacial score (nSPS) is 10.9. The van der Waals surface area contributed by atoms with Gasteiger partial charge in [-0.3, -0.25) is 0 Å². The quantitative estimate of drug-likeness (QED) is 0.726. The van der Waals surface area contributed by atoms with Crippen LogP contribution in [0.5, 0.6) is 5.75 Å². The summed E-state index contributed by atoms with van der Waals surface area (Å²) in [4.78, 5) is 0. The van der Waals surface area contributed by atoms with Crippen LogP contribution in [0.4, 0.5) is 0 Å². The van der Waals surface area contributed by atoms with Crippen molar-refractivity contribution < 1.29 is 9.84 Å². The van der Waals surface area contributed by atoms with Gasteiger partial charge in [0.15, 0.2) is 0 Å². The molecule has 2 rings (SSSR count). The van der Waals surface area contributed by atoms with Crippen molar-refractivity contribution in [1.82, 2.24) is 5.32 Å². The van der Waals surface area contributed by atoms with Crippen LogP contribution in [0.1, 0.15) is 25.3 Å². The van der Waals surface area contributed by atoms with Crippen molar-refractivity contribution in [1.29, 1.82) is 0 Å². The zero-order valence-electron chi connectivity index (χ0n) is 12.1. The van der Waals surface area contributed by atoms with E-state index in [4.69, 9.17) is 9.84 Å². The van der Waals surface area contributed by atoms with E-state index in [1.807, 2.05) is 18.2 Å². The van der Waals surface area contributed by atoms with Crippen molar-refractivity contribution in [3.8, 4) is 5.75 Å². The maximum atomic E-state index is 8.91. The van der Waals surface area contributed by atoms with Crippen LogP contribution in [0.2, 0.25) is 0 Å². The predicted octanol–water partition coefficient (Wildman–Crippen LogP) is 3.10. The molecule has 2 aromatic rings. The topological polar surface area (TPSA) is 41.5 Å². The second kappa shape index (κ2) is 7.88. The van der Waals surface area contributed by atoms with Gasteiger partial charge in [-0.05, 0) is 23.3 Å². The van der Waals surface area contributed by atoms with Crippen LogP contribution in [0.15, 0.2) is 36.4 Å². The number of hydrogen-bond donors (Lipinski definition) is 2. The molecule has 0 spiro atoms. The number of fused-ring (bicyclic) bond motifs is 1. The Bertz CT molecular complexity index is 540. The number of unbranched alkanes of at least 4 members (excludes halogenated alkanes) is 1. The van der Waals surface area contributed by atoms with Gasteiger partial charge in [-0.2, -0.15) is 0 Å². The molecule has 0 radical (unpaired) electrons. The number of ether oxygens (including phenoxy) is 1. The third-order valence-corrected chi connectivity index (χ3v) is 3.34. The number of nitrogens with one attached hydrogen (secondary N) is 1. The van der Waals surface area contributed by atoms with Gasteiger partial charge in [-0.15, -0.1) is 0 Å². The summed E-state index contributed by atoms with van der Waals surface area (Å²) in [5.74, 6) is 0.947. The van der Waals surface area contributed by atoms with Gasteiger partial charge in [0.05, 0.1) is 13.2 Å². The van der Waals surface area contributed by atoms with Gasteiger partial charge in [0.25, 0.3) is 0 Å². The standard InChI is InChI=1S/C17H23NO2/c1-2-3-12-20-17-9-8-14-6-4-5-7-15(14)16(17)13-18-10-11-19/h4-9,18-19H,2-3,10-13H2,1H3. The molecule has 2 aromatic carbocycles. The largest absolute Gasteiger partial charge is 0.493 e. The second-order valence-corrected chi connectivity index (χ2v) is 4.87. The lowest BCUT2D eigenvalue weighted by Crippen LogP contribution is -2.18. The predicted molar refractivity (Wildman–Crippen MR) is 83.1 cm³/mol. The van der Waals surface area contributed by atoms with Crippen molar-refractivity contribution in [2.24, 2.45) is 0 Å². The first-order valence-corrected chi connectivity index (χ1v) is 7.31. The van der Waals surface area contributed by atoms with Crippen molar-refractivity contribution in [3.63, 3.8) is 0 Å². The molecule has 3 heteroatoms. The molecule has 0 heterocycles. The zero-order chi connectivity index (χ0) is 14.2. The van der Waals surface area contributed by atoms with Crippen molar-refractivity contribution in [2.45, 2.75) is 26.3 Å². The summed E-state index contributed by atoms with van der Waals surface area (Å²) in [6.07, 6.45) is 2.20. The van der Waals surface area contributed by atoms with Crippen LogP contribution in [0, 0.1) is 0 Å². The first-order chi connectivity index (χ1) is 9.86. The highest BCUT2D eigenvalue weighted by Crippen LogP contribution is 2.28. The molecule has 0 aliphatic carbocycles. The smallest absolute Gasteiger partial charge is 0.124 e. The minimum atomic E-state index is 0.150. The van der Waals surface area contributed by atoms with Gasteiger partial charge in [0.2, 0.25) is 0 Å². The number of hydrogen-bond acceptors (Lipinski definition) is 3. The average Bonchev–Trinajstić information content (AvgIpc) is 2.49. The minimum Gasteiger partial charge on any atom is -0.493 e. The molecular weight excluding hydrogens is 250 g/mol. The summed E-state index contributed by atoms with van der Waals surface area (Å²) in [6, 6.07) is 12.5. The molecule has 2 N–H and O–H groups in total. The summed E-state index contributed by atoms with van der Waals surface area (Å²) in [7, 11) is 0. The van der Waals surface area contributed by atoms with E-state index >= 15 is 0 Å². The van der Waals surface area contributed by atoms with E-state index < -0.39 is 0 Å². The summed E-state index contributed by atoms with van der Waals surface area (Å²) < 4.78 is 5.91. The average molecular weight is 273 g/mol. The van der Waals surface area contributed by atoms with Gasteiger partial charge in [-0.1, -0.05) is 43.7 Å². The Morgan fingerprint density at radius 1 is 1.15 bits per heavy atom. The van der Waals surface area contributed by atoms with E-state index in [0.717, 1.165) is 25.2 Å². The number of rotatable bonds is 8. The van der Waals surface area contributed by atoms with Crippen LogP contribution < -0.4 is 10.1 Å². The first kappa shape index (κ1) is 14.8. The lowest BCUT2D eigenvalue weighted by Gasteiger charge is -2.14. The molecule has 0 atom stereocenters. The Morgan fingerprint density at radius 3 is 2.80 bits per heavy atom. The molecule has 0 saturated heterocycles. The molecule has 108 valence electrons. The SMILES string of the molecule is CCCCOc1ccc2ccccc2c1CNCCO. The summed E-state index contributed by atoms with van der Waals surface area (Å²) in [6.45, 7) is 4.37. The molecule has 0 aromatic heterocycles. The van der Waals surface area contributed by atoms with E-state index in [9.17, 15) is 0 Å². The Hall–Kier alpha value is -1.58. The molecule has 0 saturated carbocycles. The third kappa shape index (κ3) is 3.71. The van der Waals surface area contributed by atoms with Crippen molar-refractivity contribution >= 4 is 10.8 Å².